The highest BCUT2D eigenvalue weighted by molar-refractivity contribution is 5.55. The fourth-order valence-corrected chi connectivity index (χ4v) is 1.34. The lowest BCUT2D eigenvalue weighted by atomic mass is 10.1. The van der Waals surface area contributed by atoms with Crippen LogP contribution in [0.2, 0.25) is 0 Å². The second-order valence-corrected chi connectivity index (χ2v) is 3.92. The molecule has 0 aliphatic heterocycles. The molecule has 1 aromatic carbocycles. The predicted molar refractivity (Wildman–Crippen MR) is 56.4 cm³/mol. The molecule has 68 valence electrons. The molecule has 1 saturated carbocycles. The van der Waals surface area contributed by atoms with Crippen LogP contribution < -0.4 is 5.73 Å². The van der Waals surface area contributed by atoms with Gasteiger partial charge in [0.15, 0.2) is 0 Å². The van der Waals surface area contributed by atoms with Gasteiger partial charge in [-0.25, -0.2) is 0 Å². The summed E-state index contributed by atoms with van der Waals surface area (Å²) in [6, 6.07) is 8.36. The Labute approximate surface area is 79.3 Å². The van der Waals surface area contributed by atoms with E-state index in [9.17, 15) is 0 Å². The van der Waals surface area contributed by atoms with Crippen LogP contribution in [0.15, 0.2) is 30.3 Å². The Morgan fingerprint density at radius 1 is 1.31 bits per heavy atom. The highest BCUT2D eigenvalue weighted by Gasteiger charge is 2.34. The zero-order valence-electron chi connectivity index (χ0n) is 7.96. The molecule has 2 rings (SSSR count). The van der Waals surface area contributed by atoms with Gasteiger partial charge in [-0.2, -0.15) is 0 Å². The summed E-state index contributed by atoms with van der Waals surface area (Å²) in [6.45, 7) is 2.12. The van der Waals surface area contributed by atoms with Crippen molar-refractivity contribution in [2.75, 3.05) is 0 Å². The zero-order valence-corrected chi connectivity index (χ0v) is 7.96. The summed E-state index contributed by atoms with van der Waals surface area (Å²) in [5, 5.41) is 0. The number of aryl methyl sites for hydroxylation is 1. The molecule has 1 fully saturated rings. The number of hydrogen-bond donors (Lipinski definition) is 1. The van der Waals surface area contributed by atoms with E-state index in [-0.39, 0.29) is 5.54 Å². The molecule has 2 N–H and O–H groups in total. The number of benzene rings is 1. The van der Waals surface area contributed by atoms with E-state index in [1.807, 2.05) is 0 Å². The molecule has 1 aromatic rings. The van der Waals surface area contributed by atoms with E-state index in [0.29, 0.717) is 0 Å². The first kappa shape index (κ1) is 8.52. The van der Waals surface area contributed by atoms with E-state index in [4.69, 9.17) is 5.73 Å². The van der Waals surface area contributed by atoms with E-state index >= 15 is 0 Å². The molecule has 0 radical (unpaired) electrons. The summed E-state index contributed by atoms with van der Waals surface area (Å²) in [6.07, 6.45) is 6.54. The molecule has 1 nitrogen and oxygen atoms in total. The van der Waals surface area contributed by atoms with Gasteiger partial charge in [-0.15, -0.1) is 0 Å². The SMILES string of the molecule is Cc1ccccc1/C=C/C1(N)CC1. The molecule has 0 unspecified atom stereocenters. The third-order valence-corrected chi connectivity index (χ3v) is 2.61. The number of rotatable bonds is 2. The summed E-state index contributed by atoms with van der Waals surface area (Å²) in [5.41, 5.74) is 8.56. The third kappa shape index (κ3) is 1.99. The van der Waals surface area contributed by atoms with Crippen molar-refractivity contribution >= 4 is 6.08 Å². The van der Waals surface area contributed by atoms with Crippen molar-refractivity contribution in [2.45, 2.75) is 25.3 Å². The monoisotopic (exact) mass is 173 g/mol. The van der Waals surface area contributed by atoms with Gasteiger partial charge >= 0.3 is 0 Å². The topological polar surface area (TPSA) is 26.0 Å². The standard InChI is InChI=1S/C12H15N/c1-10-4-2-3-5-11(10)6-7-12(13)8-9-12/h2-7H,8-9,13H2,1H3/b7-6+. The predicted octanol–water partition coefficient (Wildman–Crippen LogP) is 2.50. The Kier molecular flexibility index (Phi) is 1.97. The Bertz CT molecular complexity index is 335. The second kappa shape index (κ2) is 3.00. The molecule has 0 spiro atoms. The van der Waals surface area contributed by atoms with Crippen LogP contribution in [0.4, 0.5) is 0 Å². The Balaban J connectivity index is 2.17. The quantitative estimate of drug-likeness (QED) is 0.730. The Morgan fingerprint density at radius 2 is 2.00 bits per heavy atom. The summed E-state index contributed by atoms with van der Waals surface area (Å²) < 4.78 is 0. The molecule has 0 amide bonds. The van der Waals surface area contributed by atoms with Gasteiger partial charge in [-0.3, -0.25) is 0 Å². The van der Waals surface area contributed by atoms with Crippen LogP contribution in [0, 0.1) is 6.92 Å². The van der Waals surface area contributed by atoms with E-state index < -0.39 is 0 Å². The first-order valence-corrected chi connectivity index (χ1v) is 4.73. The molecule has 1 heteroatoms. The van der Waals surface area contributed by atoms with Crippen LogP contribution in [-0.2, 0) is 0 Å². The van der Waals surface area contributed by atoms with Crippen LogP contribution in [0.1, 0.15) is 24.0 Å². The maximum atomic E-state index is 5.96. The van der Waals surface area contributed by atoms with E-state index in [1.54, 1.807) is 0 Å². The minimum atomic E-state index is 0.0162. The normalized spacial score (nSPS) is 19.2. The van der Waals surface area contributed by atoms with Crippen molar-refractivity contribution in [3.8, 4) is 0 Å². The highest BCUT2D eigenvalue weighted by Crippen LogP contribution is 2.34. The number of hydrogen-bond acceptors (Lipinski definition) is 1. The average molecular weight is 173 g/mol. The molecular weight excluding hydrogens is 158 g/mol. The van der Waals surface area contributed by atoms with Crippen molar-refractivity contribution in [1.29, 1.82) is 0 Å². The smallest absolute Gasteiger partial charge is 0.0343 e. The largest absolute Gasteiger partial charge is 0.322 e. The van der Waals surface area contributed by atoms with Gasteiger partial charge in [0.2, 0.25) is 0 Å². The van der Waals surface area contributed by atoms with Gasteiger partial charge < -0.3 is 5.73 Å². The lowest BCUT2D eigenvalue weighted by Gasteiger charge is -2.01. The maximum absolute atomic E-state index is 5.96. The minimum Gasteiger partial charge on any atom is -0.322 e. The highest BCUT2D eigenvalue weighted by atomic mass is 14.8. The van der Waals surface area contributed by atoms with Crippen LogP contribution in [-0.4, -0.2) is 5.54 Å². The molecule has 0 heterocycles. The van der Waals surface area contributed by atoms with Crippen LogP contribution in [0.5, 0.6) is 0 Å². The fourth-order valence-electron chi connectivity index (χ4n) is 1.34. The summed E-state index contributed by atoms with van der Waals surface area (Å²) in [4.78, 5) is 0. The molecule has 13 heavy (non-hydrogen) atoms. The molecule has 0 aromatic heterocycles. The molecule has 0 saturated heterocycles. The fraction of sp³-hybridized carbons (Fsp3) is 0.333. The zero-order chi connectivity index (χ0) is 9.31. The van der Waals surface area contributed by atoms with Gasteiger partial charge in [-0.05, 0) is 30.9 Å². The van der Waals surface area contributed by atoms with Crippen LogP contribution >= 0.6 is 0 Å². The molecular formula is C12H15N. The first-order chi connectivity index (χ1) is 6.20. The van der Waals surface area contributed by atoms with Gasteiger partial charge in [0.25, 0.3) is 0 Å². The average Bonchev–Trinajstić information content (AvgIpc) is 2.83. The maximum Gasteiger partial charge on any atom is 0.0343 e. The lowest BCUT2D eigenvalue weighted by Crippen LogP contribution is -2.17. The van der Waals surface area contributed by atoms with E-state index in [0.717, 1.165) is 12.8 Å². The Morgan fingerprint density at radius 3 is 2.62 bits per heavy atom. The first-order valence-electron chi connectivity index (χ1n) is 4.73. The second-order valence-electron chi connectivity index (χ2n) is 3.92. The molecule has 1 aliphatic carbocycles. The minimum absolute atomic E-state index is 0.0162. The molecule has 0 bridgehead atoms. The Hall–Kier alpha value is -1.08. The van der Waals surface area contributed by atoms with E-state index in [1.165, 1.54) is 11.1 Å². The summed E-state index contributed by atoms with van der Waals surface area (Å²) in [7, 11) is 0. The lowest BCUT2D eigenvalue weighted by molar-refractivity contribution is 0.860. The van der Waals surface area contributed by atoms with Crippen LogP contribution in [0.25, 0.3) is 6.08 Å². The van der Waals surface area contributed by atoms with Crippen molar-refractivity contribution in [2.24, 2.45) is 5.73 Å². The molecule has 0 atom stereocenters. The summed E-state index contributed by atoms with van der Waals surface area (Å²) in [5.74, 6) is 0. The number of nitrogens with two attached hydrogens (primary N) is 1. The van der Waals surface area contributed by atoms with Crippen molar-refractivity contribution in [1.82, 2.24) is 0 Å². The van der Waals surface area contributed by atoms with Gasteiger partial charge in [-0.1, -0.05) is 36.4 Å². The van der Waals surface area contributed by atoms with Crippen molar-refractivity contribution in [3.63, 3.8) is 0 Å². The van der Waals surface area contributed by atoms with Crippen LogP contribution in [0.3, 0.4) is 0 Å². The third-order valence-electron chi connectivity index (χ3n) is 2.61. The summed E-state index contributed by atoms with van der Waals surface area (Å²) >= 11 is 0. The van der Waals surface area contributed by atoms with Crippen molar-refractivity contribution in [3.05, 3.63) is 41.5 Å². The van der Waals surface area contributed by atoms with Gasteiger partial charge in [0, 0.05) is 5.54 Å². The van der Waals surface area contributed by atoms with E-state index in [2.05, 4.69) is 43.3 Å². The van der Waals surface area contributed by atoms with Crippen molar-refractivity contribution < 1.29 is 0 Å². The molecule has 1 aliphatic rings. The van der Waals surface area contributed by atoms with Gasteiger partial charge in [0.05, 0.1) is 0 Å². The van der Waals surface area contributed by atoms with Gasteiger partial charge in [0.1, 0.15) is 0 Å².